The summed E-state index contributed by atoms with van der Waals surface area (Å²) in [7, 11) is 0. The van der Waals surface area contributed by atoms with Gasteiger partial charge in [-0.05, 0) is 91.3 Å². The van der Waals surface area contributed by atoms with Crippen molar-refractivity contribution in [2.45, 2.75) is 12.5 Å². The molecular weight excluding hydrogens is 693 g/mol. The lowest BCUT2D eigenvalue weighted by Crippen LogP contribution is -2.17. The normalized spacial score (nSPS) is 14.3. The van der Waals surface area contributed by atoms with Gasteiger partial charge in [-0.3, -0.25) is 9.98 Å². The van der Waals surface area contributed by atoms with Crippen LogP contribution in [0.15, 0.2) is 210 Å². The zero-order chi connectivity index (χ0) is 37.7. The number of aliphatic imine (C=N–C) groups is 2. The van der Waals surface area contributed by atoms with E-state index in [1.807, 2.05) is 12.4 Å². The van der Waals surface area contributed by atoms with Crippen molar-refractivity contribution in [2.75, 3.05) is 0 Å². The van der Waals surface area contributed by atoms with E-state index in [0.29, 0.717) is 6.42 Å². The minimum Gasteiger partial charge on any atom is -0.309 e. The number of benzene rings is 8. The van der Waals surface area contributed by atoms with Crippen LogP contribution < -0.4 is 0 Å². The van der Waals surface area contributed by atoms with E-state index in [-0.39, 0.29) is 6.04 Å². The van der Waals surface area contributed by atoms with Gasteiger partial charge in [0.05, 0.1) is 22.8 Å². The van der Waals surface area contributed by atoms with Gasteiger partial charge in [0.15, 0.2) is 5.84 Å². The fourth-order valence-electron chi connectivity index (χ4n) is 8.84. The van der Waals surface area contributed by atoms with Gasteiger partial charge in [-0.2, -0.15) is 0 Å². The maximum absolute atomic E-state index is 5.41. The first kappa shape index (κ1) is 33.0. The molecule has 1 aliphatic rings. The first-order valence-corrected chi connectivity index (χ1v) is 19.5. The lowest BCUT2D eigenvalue weighted by molar-refractivity contribution is 0.754. The summed E-state index contributed by atoms with van der Waals surface area (Å²) in [6.45, 7) is 0. The highest BCUT2D eigenvalue weighted by Gasteiger charge is 2.24. The van der Waals surface area contributed by atoms with E-state index in [4.69, 9.17) is 9.98 Å². The quantitative estimate of drug-likeness (QED) is 0.157. The second kappa shape index (κ2) is 13.7. The number of hydrogen-bond donors (Lipinski definition) is 0. The van der Waals surface area contributed by atoms with E-state index >= 15 is 0 Å². The number of pyridine rings is 1. The predicted molar refractivity (Wildman–Crippen MR) is 238 cm³/mol. The molecule has 0 saturated carbocycles. The fraction of sp³-hybridized carbons (Fsp3) is 0.0377. The van der Waals surface area contributed by atoms with Gasteiger partial charge in [-0.15, -0.1) is 0 Å². The first-order chi connectivity index (χ1) is 28.3. The zero-order valence-electron chi connectivity index (χ0n) is 31.1. The van der Waals surface area contributed by atoms with E-state index in [1.54, 1.807) is 0 Å². The molecule has 0 spiro atoms. The molecule has 0 N–H and O–H groups in total. The molecule has 0 amide bonds. The number of amidine groups is 1. The lowest BCUT2D eigenvalue weighted by atomic mass is 9.85. The standard InChI is InChI=1S/C53H36N4/c1-4-15-35(16-5-1)47-33-48(37-27-28-49-45(32-37)46-34-54-30-29-50(46)57(49)40-21-8-3-9-22-40)56-53(55-47)39-20-14-19-38(31-39)52-43-25-12-10-23-41(43)51(36-17-6-2-7-18-36)42-24-11-13-26-44(42)52/h1-32,34,47H,33H2. The van der Waals surface area contributed by atoms with Gasteiger partial charge in [-0.25, -0.2) is 4.99 Å². The average molecular weight is 729 g/mol. The molecule has 4 heteroatoms. The van der Waals surface area contributed by atoms with Gasteiger partial charge < -0.3 is 4.57 Å². The SMILES string of the molecule is c1ccc(-c2c3ccccc3c(-c3cccc(C4=NC(c5ccccc5)CC(c5ccc6c(c5)c5cnccc5n6-c5ccccc5)=N4)c3)c3ccccc23)cc1. The van der Waals surface area contributed by atoms with Gasteiger partial charge in [0.25, 0.3) is 0 Å². The Hall–Kier alpha value is -7.43. The smallest absolute Gasteiger partial charge is 0.155 e. The molecule has 0 radical (unpaired) electrons. The highest BCUT2D eigenvalue weighted by molar-refractivity contribution is 6.22. The molecule has 2 aromatic heterocycles. The van der Waals surface area contributed by atoms with Gasteiger partial charge >= 0.3 is 0 Å². The van der Waals surface area contributed by atoms with Crippen LogP contribution in [0, 0.1) is 0 Å². The Morgan fingerprint density at radius 3 is 1.72 bits per heavy atom. The van der Waals surface area contributed by atoms with Gasteiger partial charge in [0.1, 0.15) is 0 Å². The van der Waals surface area contributed by atoms with E-state index < -0.39 is 0 Å². The molecule has 0 fully saturated rings. The van der Waals surface area contributed by atoms with Crippen molar-refractivity contribution in [3.8, 4) is 27.9 Å². The largest absolute Gasteiger partial charge is 0.309 e. The van der Waals surface area contributed by atoms with Crippen LogP contribution in [-0.2, 0) is 0 Å². The monoisotopic (exact) mass is 728 g/mol. The summed E-state index contributed by atoms with van der Waals surface area (Å²) < 4.78 is 2.32. The molecule has 8 aromatic carbocycles. The van der Waals surface area contributed by atoms with Crippen LogP contribution in [0.5, 0.6) is 0 Å². The summed E-state index contributed by atoms with van der Waals surface area (Å²) in [6.07, 6.45) is 4.55. The third-order valence-corrected chi connectivity index (χ3v) is 11.4. The topological polar surface area (TPSA) is 42.5 Å². The van der Waals surface area contributed by atoms with Crippen molar-refractivity contribution in [2.24, 2.45) is 9.98 Å². The Kier molecular flexibility index (Phi) is 7.92. The Morgan fingerprint density at radius 2 is 1.02 bits per heavy atom. The Morgan fingerprint density at radius 1 is 0.439 bits per heavy atom. The van der Waals surface area contributed by atoms with Gasteiger partial charge in [-0.1, -0.05) is 152 Å². The van der Waals surface area contributed by atoms with Crippen LogP contribution >= 0.6 is 0 Å². The van der Waals surface area contributed by atoms with Gasteiger partial charge in [0, 0.05) is 40.8 Å². The maximum atomic E-state index is 5.41. The summed E-state index contributed by atoms with van der Waals surface area (Å²) in [6, 6.07) is 67.2. The molecule has 268 valence electrons. The number of nitrogens with zero attached hydrogens (tertiary/aromatic N) is 4. The highest BCUT2D eigenvalue weighted by atomic mass is 15.0. The highest BCUT2D eigenvalue weighted by Crippen LogP contribution is 2.44. The van der Waals surface area contributed by atoms with Crippen molar-refractivity contribution < 1.29 is 0 Å². The van der Waals surface area contributed by atoms with Crippen molar-refractivity contribution in [1.82, 2.24) is 9.55 Å². The number of rotatable bonds is 6. The maximum Gasteiger partial charge on any atom is 0.155 e. The number of fused-ring (bicyclic) bond motifs is 5. The van der Waals surface area contributed by atoms with Crippen LogP contribution in [-0.4, -0.2) is 21.1 Å². The molecule has 3 heterocycles. The van der Waals surface area contributed by atoms with E-state index in [1.165, 1.54) is 43.8 Å². The molecule has 0 aliphatic carbocycles. The first-order valence-electron chi connectivity index (χ1n) is 19.5. The summed E-state index contributed by atoms with van der Waals surface area (Å²) in [5.74, 6) is 0.745. The minimum atomic E-state index is -0.0767. The number of para-hydroxylation sites is 1. The van der Waals surface area contributed by atoms with E-state index in [2.05, 4.69) is 198 Å². The predicted octanol–water partition coefficient (Wildman–Crippen LogP) is 13.2. The molecule has 0 saturated heterocycles. The van der Waals surface area contributed by atoms with Crippen LogP contribution in [0.25, 0.3) is 71.3 Å². The van der Waals surface area contributed by atoms with Crippen LogP contribution in [0.1, 0.15) is 29.2 Å². The molecule has 4 nitrogen and oxygen atoms in total. The molecule has 11 rings (SSSR count). The molecule has 57 heavy (non-hydrogen) atoms. The molecule has 1 atom stereocenters. The van der Waals surface area contributed by atoms with Crippen LogP contribution in [0.2, 0.25) is 0 Å². The minimum absolute atomic E-state index is 0.0767. The summed E-state index contributed by atoms with van der Waals surface area (Å²) >= 11 is 0. The summed E-state index contributed by atoms with van der Waals surface area (Å²) in [4.78, 5) is 15.3. The van der Waals surface area contributed by atoms with Crippen molar-refractivity contribution in [3.05, 3.63) is 217 Å². The zero-order valence-corrected chi connectivity index (χ0v) is 31.1. The van der Waals surface area contributed by atoms with Crippen LogP contribution in [0.3, 0.4) is 0 Å². The van der Waals surface area contributed by atoms with Crippen molar-refractivity contribution in [3.63, 3.8) is 0 Å². The molecule has 1 aliphatic heterocycles. The molecular formula is C53H36N4. The number of aromatic nitrogens is 2. The van der Waals surface area contributed by atoms with Crippen molar-refractivity contribution >= 4 is 54.9 Å². The Labute approximate surface area is 330 Å². The lowest BCUT2D eigenvalue weighted by Gasteiger charge is -2.22. The second-order valence-electron chi connectivity index (χ2n) is 14.7. The third-order valence-electron chi connectivity index (χ3n) is 11.4. The summed E-state index contributed by atoms with van der Waals surface area (Å²) in [5, 5.41) is 7.20. The van der Waals surface area contributed by atoms with E-state index in [0.717, 1.165) is 55.7 Å². The average Bonchev–Trinajstić information content (AvgIpc) is 3.62. The summed E-state index contributed by atoms with van der Waals surface area (Å²) in [5.41, 5.74) is 12.5. The van der Waals surface area contributed by atoms with Crippen molar-refractivity contribution in [1.29, 1.82) is 0 Å². The second-order valence-corrected chi connectivity index (χ2v) is 14.7. The third kappa shape index (κ3) is 5.65. The molecule has 1 unspecified atom stereocenters. The van der Waals surface area contributed by atoms with E-state index in [9.17, 15) is 0 Å². The van der Waals surface area contributed by atoms with Crippen LogP contribution in [0.4, 0.5) is 0 Å². The molecule has 0 bridgehead atoms. The Balaban J connectivity index is 1.08. The number of hydrogen-bond acceptors (Lipinski definition) is 3. The molecule has 10 aromatic rings. The fourth-order valence-corrected chi connectivity index (χ4v) is 8.84. The van der Waals surface area contributed by atoms with Gasteiger partial charge in [0.2, 0.25) is 0 Å². The Bertz CT molecular complexity index is 3140.